The number of nitrogens with zero attached hydrogens (tertiary/aromatic N) is 2. The average molecular weight is 451 g/mol. The van der Waals surface area contributed by atoms with Crippen molar-refractivity contribution < 1.29 is 14.0 Å². The van der Waals surface area contributed by atoms with Gasteiger partial charge in [-0.25, -0.2) is 9.78 Å². The number of hydrogen-bond donors (Lipinski definition) is 0. The van der Waals surface area contributed by atoms with E-state index in [2.05, 4.69) is 39.6 Å². The minimum Gasteiger partial charge on any atom is -0.462 e. The number of pyridine rings is 2. The van der Waals surface area contributed by atoms with Gasteiger partial charge in [-0.1, -0.05) is 46.2 Å². The monoisotopic (exact) mass is 450 g/mol. The molecule has 2 aromatic rings. The zero-order valence-corrected chi connectivity index (χ0v) is 20.8. The summed E-state index contributed by atoms with van der Waals surface area (Å²) in [7, 11) is 0.285. The molecule has 1 atom stereocenters. The number of rotatable bonds is 7. The molecule has 0 spiro atoms. The third kappa shape index (κ3) is 5.50. The second-order valence-corrected chi connectivity index (χ2v) is 11.6. The van der Waals surface area contributed by atoms with E-state index < -0.39 is 17.0 Å². The summed E-state index contributed by atoms with van der Waals surface area (Å²) in [6.07, 6.45) is 3.15. The number of hydrogen-bond acceptors (Lipinski definition) is 5. The number of ether oxygens (including phenoxy) is 1. The van der Waals surface area contributed by atoms with Crippen LogP contribution in [0.3, 0.4) is 0 Å². The summed E-state index contributed by atoms with van der Waals surface area (Å²) in [6.45, 7) is 16.5. The van der Waals surface area contributed by atoms with E-state index in [1.54, 1.807) is 19.3 Å². The van der Waals surface area contributed by atoms with E-state index in [0.29, 0.717) is 10.9 Å². The molecule has 0 aromatic carbocycles. The molecular weight excluding hydrogens is 420 g/mol. The van der Waals surface area contributed by atoms with Crippen molar-refractivity contribution in [1.82, 2.24) is 9.55 Å². The highest BCUT2D eigenvalue weighted by Crippen LogP contribution is 2.36. The maximum absolute atomic E-state index is 13.0. The molecule has 30 heavy (non-hydrogen) atoms. The Balaban J connectivity index is 2.76. The summed E-state index contributed by atoms with van der Waals surface area (Å²) in [6, 6.07) is 1.33. The highest BCUT2D eigenvalue weighted by Gasteiger charge is 2.37. The maximum atomic E-state index is 13.0. The molecule has 6 nitrogen and oxygen atoms in total. The largest absolute Gasteiger partial charge is 0.462 e. The Morgan fingerprint density at radius 1 is 1.27 bits per heavy atom. The lowest BCUT2D eigenvalue weighted by Crippen LogP contribution is -2.42. The highest BCUT2D eigenvalue weighted by atomic mass is 35.5. The molecule has 164 valence electrons. The van der Waals surface area contributed by atoms with Gasteiger partial charge in [0.1, 0.15) is 10.7 Å². The van der Waals surface area contributed by atoms with Gasteiger partial charge in [0.25, 0.3) is 0 Å². The predicted octanol–water partition coefficient (Wildman–Crippen LogP) is 5.06. The van der Waals surface area contributed by atoms with Crippen LogP contribution in [0.25, 0.3) is 10.9 Å². The molecule has 0 aliphatic heterocycles. The van der Waals surface area contributed by atoms with Crippen LogP contribution in [-0.2, 0) is 9.16 Å². The second kappa shape index (κ2) is 9.20. The van der Waals surface area contributed by atoms with Crippen molar-refractivity contribution in [3.63, 3.8) is 0 Å². The Kier molecular flexibility index (Phi) is 7.53. The Hall–Kier alpha value is -1.70. The van der Waals surface area contributed by atoms with Crippen LogP contribution in [-0.4, -0.2) is 37.5 Å². The minimum atomic E-state index is -0.649. The van der Waals surface area contributed by atoms with Crippen LogP contribution in [0, 0.1) is 5.92 Å². The first-order chi connectivity index (χ1) is 13.8. The molecule has 0 N–H and O–H groups in total. The zero-order valence-electron chi connectivity index (χ0n) is 19.0. The molecule has 2 heterocycles. The lowest BCUT2D eigenvalue weighted by atomic mass is 9.88. The zero-order chi connectivity index (χ0) is 22.9. The van der Waals surface area contributed by atoms with Crippen molar-refractivity contribution in [3.05, 3.63) is 39.4 Å². The smallest absolute Gasteiger partial charge is 0.343 e. The molecule has 0 fully saturated rings. The fourth-order valence-corrected chi connectivity index (χ4v) is 4.46. The normalized spacial score (nSPS) is 13.7. The molecule has 2 rings (SSSR count). The third-order valence-corrected chi connectivity index (χ3v) is 6.09. The molecule has 2 aromatic heterocycles. The van der Waals surface area contributed by atoms with E-state index >= 15 is 0 Å². The van der Waals surface area contributed by atoms with Crippen molar-refractivity contribution in [2.75, 3.05) is 6.61 Å². The summed E-state index contributed by atoms with van der Waals surface area (Å²) < 4.78 is 13.4. The van der Waals surface area contributed by atoms with E-state index in [9.17, 15) is 9.59 Å². The van der Waals surface area contributed by atoms with Crippen LogP contribution >= 0.6 is 11.6 Å². The number of halogens is 1. The number of carbonyl (C=O) groups is 1. The van der Waals surface area contributed by atoms with Gasteiger partial charge in [-0.15, -0.1) is 0 Å². The third-order valence-electron chi connectivity index (χ3n) is 4.64. The highest BCUT2D eigenvalue weighted by molar-refractivity contribution is 6.31. The summed E-state index contributed by atoms with van der Waals surface area (Å²) in [4.78, 5) is 29.7. The van der Waals surface area contributed by atoms with E-state index in [1.165, 1.54) is 6.07 Å². The minimum absolute atomic E-state index is 0.0219. The molecule has 0 bridgehead atoms. The Labute approximate surface area is 185 Å². The number of carbonyl (C=O) groups excluding carboxylic acids is 1. The van der Waals surface area contributed by atoms with Crippen LogP contribution < -0.4 is 5.43 Å². The van der Waals surface area contributed by atoms with E-state index in [0.717, 1.165) is 0 Å². The quantitative estimate of drug-likeness (QED) is 0.335. The van der Waals surface area contributed by atoms with Crippen molar-refractivity contribution in [3.8, 4) is 0 Å². The molecule has 0 saturated carbocycles. The van der Waals surface area contributed by atoms with Crippen LogP contribution in [0.15, 0.2) is 23.3 Å². The molecule has 0 aliphatic carbocycles. The van der Waals surface area contributed by atoms with Crippen molar-refractivity contribution >= 4 is 38.2 Å². The molecule has 0 saturated heterocycles. The molecule has 2 radical (unpaired) electrons. The number of fused-ring (bicyclic) bond motifs is 1. The van der Waals surface area contributed by atoms with Crippen molar-refractivity contribution in [2.45, 2.75) is 72.1 Å². The van der Waals surface area contributed by atoms with E-state index in [1.807, 2.05) is 18.4 Å². The van der Waals surface area contributed by atoms with Crippen LogP contribution in [0.4, 0.5) is 0 Å². The Morgan fingerprint density at radius 3 is 2.43 bits per heavy atom. The molecule has 0 unspecified atom stereocenters. The average Bonchev–Trinajstić information content (AvgIpc) is 2.61. The van der Waals surface area contributed by atoms with Gasteiger partial charge in [0, 0.05) is 6.20 Å². The lowest BCUT2D eigenvalue weighted by Gasteiger charge is -2.41. The molecule has 8 heteroatoms. The number of aromatic nitrogens is 2. The molecule has 0 aliphatic rings. The molecular formula is C22H31ClN2O4Si. The van der Waals surface area contributed by atoms with Gasteiger partial charge in [0.15, 0.2) is 0 Å². The summed E-state index contributed by atoms with van der Waals surface area (Å²) in [5, 5.41) is 0.550. The van der Waals surface area contributed by atoms with Gasteiger partial charge in [0.2, 0.25) is 15.2 Å². The Bertz CT molecular complexity index is 979. The Morgan fingerprint density at radius 2 is 1.90 bits per heavy atom. The van der Waals surface area contributed by atoms with Gasteiger partial charge >= 0.3 is 5.97 Å². The van der Waals surface area contributed by atoms with Crippen LogP contribution in [0.2, 0.25) is 10.2 Å². The fraction of sp³-hybridized carbons (Fsp3) is 0.591. The van der Waals surface area contributed by atoms with Crippen molar-refractivity contribution in [2.24, 2.45) is 5.92 Å². The predicted molar refractivity (Wildman–Crippen MR) is 121 cm³/mol. The second-order valence-electron chi connectivity index (χ2n) is 9.27. The standard InChI is InChI=1S/C22H31ClN2O4Si/c1-9-28-20(27)15-12-25(16-11-24-17(23)10-14(16)18(15)26)19(13(2)3)22(7,8)29-30-21(4,5)6/h10-13,19H,9H2,1-8H3/t19-/m0/s1. The summed E-state index contributed by atoms with van der Waals surface area (Å²) >= 11 is 6.07. The fourth-order valence-electron chi connectivity index (χ4n) is 3.61. The van der Waals surface area contributed by atoms with Gasteiger partial charge in [-0.2, -0.15) is 0 Å². The van der Waals surface area contributed by atoms with Gasteiger partial charge in [0.05, 0.1) is 35.3 Å². The first-order valence-corrected chi connectivity index (χ1v) is 11.4. The van der Waals surface area contributed by atoms with Crippen LogP contribution in [0.1, 0.15) is 71.8 Å². The summed E-state index contributed by atoms with van der Waals surface area (Å²) in [5.74, 6) is -0.509. The lowest BCUT2D eigenvalue weighted by molar-refractivity contribution is 0.0287. The van der Waals surface area contributed by atoms with Crippen LogP contribution in [0.5, 0.6) is 0 Å². The van der Waals surface area contributed by atoms with E-state index in [-0.39, 0.29) is 44.1 Å². The van der Waals surface area contributed by atoms with E-state index in [4.69, 9.17) is 20.8 Å². The van der Waals surface area contributed by atoms with Crippen molar-refractivity contribution in [1.29, 1.82) is 0 Å². The summed E-state index contributed by atoms with van der Waals surface area (Å²) in [5.41, 5.74) is -0.409. The first kappa shape index (κ1) is 24.6. The van der Waals surface area contributed by atoms with Gasteiger partial charge < -0.3 is 13.7 Å². The topological polar surface area (TPSA) is 70.4 Å². The van der Waals surface area contributed by atoms with Gasteiger partial charge in [-0.05, 0) is 37.8 Å². The SMILES string of the molecule is CCOC(=O)c1cn([C@@H](C(C)C)C(C)(C)O[Si]C(C)(C)C)c2cnc(Cl)cc2c1=O. The molecule has 0 amide bonds. The van der Waals surface area contributed by atoms with Gasteiger partial charge in [-0.3, -0.25) is 4.79 Å². The number of esters is 1. The maximum Gasteiger partial charge on any atom is 0.343 e. The first-order valence-electron chi connectivity index (χ1n) is 10.1.